The smallest absolute Gasteiger partial charge is 0.336 e. The number of hydrogen-bond acceptors (Lipinski definition) is 6. The van der Waals surface area contributed by atoms with Crippen LogP contribution in [0.2, 0.25) is 5.02 Å². The van der Waals surface area contributed by atoms with Gasteiger partial charge in [-0.25, -0.2) is 9.80 Å². The Morgan fingerprint density at radius 1 is 1.16 bits per heavy atom. The Balaban J connectivity index is 1.79. The van der Waals surface area contributed by atoms with E-state index in [4.69, 9.17) is 16.1 Å². The van der Waals surface area contributed by atoms with E-state index in [1.807, 2.05) is 35.5 Å². The van der Waals surface area contributed by atoms with Gasteiger partial charge in [0.15, 0.2) is 5.60 Å². The number of aromatic amines is 1. The summed E-state index contributed by atoms with van der Waals surface area (Å²) in [5, 5.41) is 23.2. The highest BCUT2D eigenvalue weighted by Crippen LogP contribution is 2.23. The molecule has 0 aliphatic rings. The van der Waals surface area contributed by atoms with Gasteiger partial charge in [0.25, 0.3) is 5.56 Å². The second-order valence-corrected chi connectivity index (χ2v) is 7.60. The monoisotopic (exact) mass is 445 g/mol. The number of carbonyl (C=O) groups excluding carboxylic acids is 1. The van der Waals surface area contributed by atoms with Crippen molar-refractivity contribution in [3.63, 3.8) is 0 Å². The van der Waals surface area contributed by atoms with E-state index in [0.717, 1.165) is 29.7 Å². The van der Waals surface area contributed by atoms with Crippen LogP contribution >= 0.6 is 11.6 Å². The van der Waals surface area contributed by atoms with Crippen molar-refractivity contribution < 1.29 is 24.3 Å². The molecule has 2 aromatic carbocycles. The molecule has 0 saturated carbocycles. The number of H-pyrrole nitrogens is 1. The Bertz CT molecular complexity index is 1140. The molecular formula is C21H20ClN3O6. The summed E-state index contributed by atoms with van der Waals surface area (Å²) in [6, 6.07) is 15.7. The second kappa shape index (κ2) is 9.17. The average molecular weight is 446 g/mol. The third-order valence-electron chi connectivity index (χ3n) is 4.45. The molecule has 1 heterocycles. The summed E-state index contributed by atoms with van der Waals surface area (Å²) in [4.78, 5) is 34.9. The molecule has 1 atom stereocenters. The fourth-order valence-electron chi connectivity index (χ4n) is 2.86. The van der Waals surface area contributed by atoms with E-state index in [9.17, 15) is 24.6 Å². The van der Waals surface area contributed by atoms with Crippen LogP contribution in [0.4, 0.5) is 0 Å². The Morgan fingerprint density at radius 2 is 1.87 bits per heavy atom. The molecule has 3 rings (SSSR count). The number of aromatic nitrogens is 1. The van der Waals surface area contributed by atoms with Crippen molar-refractivity contribution in [2.24, 2.45) is 0 Å². The van der Waals surface area contributed by atoms with Gasteiger partial charge in [-0.05, 0) is 35.7 Å². The Hall–Kier alpha value is -3.40. The van der Waals surface area contributed by atoms with Crippen molar-refractivity contribution >= 4 is 23.5 Å². The number of benzene rings is 2. The molecule has 0 saturated heterocycles. The van der Waals surface area contributed by atoms with Gasteiger partial charge < -0.3 is 14.7 Å². The Labute approximate surface area is 181 Å². The highest BCUT2D eigenvalue weighted by molar-refractivity contribution is 6.30. The third-order valence-corrected chi connectivity index (χ3v) is 4.69. The van der Waals surface area contributed by atoms with E-state index < -0.39 is 29.6 Å². The standard InChI is InChI=1S/C21H20ClN3O6/c1-21(30,20(28)29)12-25(23-19(27)17-10-18(26)24-31-17)11-13-5-7-14(8-6-13)15-3-2-4-16(22)9-15/h2-10,30H,11-12H2,1H3,(H,23,27)(H,24,26)(H,28,29). The summed E-state index contributed by atoms with van der Waals surface area (Å²) in [5.41, 5.74) is 2.33. The number of carbonyl (C=O) groups is 2. The molecule has 0 bridgehead atoms. The van der Waals surface area contributed by atoms with Crippen LogP contribution in [0.25, 0.3) is 11.1 Å². The van der Waals surface area contributed by atoms with Gasteiger partial charge in [0.2, 0.25) is 5.76 Å². The summed E-state index contributed by atoms with van der Waals surface area (Å²) >= 11 is 6.03. The topological polar surface area (TPSA) is 136 Å². The molecule has 9 nitrogen and oxygen atoms in total. The highest BCUT2D eigenvalue weighted by Gasteiger charge is 2.33. The van der Waals surface area contributed by atoms with Crippen LogP contribution in [0.3, 0.4) is 0 Å². The van der Waals surface area contributed by atoms with Gasteiger partial charge >= 0.3 is 11.9 Å². The molecular weight excluding hydrogens is 426 g/mol. The minimum Gasteiger partial charge on any atom is -0.479 e. The minimum absolute atomic E-state index is 0.0830. The van der Waals surface area contributed by atoms with E-state index in [1.165, 1.54) is 5.01 Å². The molecule has 0 aliphatic carbocycles. The van der Waals surface area contributed by atoms with Crippen LogP contribution in [0.1, 0.15) is 23.0 Å². The lowest BCUT2D eigenvalue weighted by Gasteiger charge is -2.28. The van der Waals surface area contributed by atoms with Crippen LogP contribution in [-0.4, -0.2) is 44.4 Å². The maximum atomic E-state index is 12.3. The fourth-order valence-corrected chi connectivity index (χ4v) is 3.05. The third kappa shape index (κ3) is 5.82. The van der Waals surface area contributed by atoms with E-state index >= 15 is 0 Å². The van der Waals surface area contributed by atoms with E-state index in [-0.39, 0.29) is 12.3 Å². The zero-order valence-corrected chi connectivity index (χ0v) is 17.2. The second-order valence-electron chi connectivity index (χ2n) is 7.16. The van der Waals surface area contributed by atoms with Gasteiger partial charge in [-0.1, -0.05) is 48.0 Å². The normalized spacial score (nSPS) is 13.0. The first-order valence-corrected chi connectivity index (χ1v) is 9.57. The van der Waals surface area contributed by atoms with Gasteiger partial charge in [-0.15, -0.1) is 0 Å². The maximum Gasteiger partial charge on any atom is 0.336 e. The van der Waals surface area contributed by atoms with Crippen molar-refractivity contribution in [1.29, 1.82) is 0 Å². The van der Waals surface area contributed by atoms with Gasteiger partial charge in [-0.3, -0.25) is 15.0 Å². The summed E-state index contributed by atoms with van der Waals surface area (Å²) in [7, 11) is 0. The zero-order chi connectivity index (χ0) is 22.6. The van der Waals surface area contributed by atoms with Crippen molar-refractivity contribution in [3.05, 3.63) is 81.3 Å². The number of nitrogens with zero attached hydrogens (tertiary/aromatic N) is 1. The number of halogens is 1. The van der Waals surface area contributed by atoms with Crippen LogP contribution in [0, 0.1) is 0 Å². The van der Waals surface area contributed by atoms with E-state index in [0.29, 0.717) is 5.02 Å². The average Bonchev–Trinajstić information content (AvgIpc) is 3.14. The molecule has 162 valence electrons. The van der Waals surface area contributed by atoms with Gasteiger partial charge in [-0.2, -0.15) is 5.16 Å². The van der Waals surface area contributed by atoms with Crippen molar-refractivity contribution in [2.45, 2.75) is 19.1 Å². The summed E-state index contributed by atoms with van der Waals surface area (Å²) < 4.78 is 4.76. The van der Waals surface area contributed by atoms with Crippen LogP contribution in [0.5, 0.6) is 0 Å². The van der Waals surface area contributed by atoms with Crippen molar-refractivity contribution in [1.82, 2.24) is 15.6 Å². The zero-order valence-electron chi connectivity index (χ0n) is 16.5. The summed E-state index contributed by atoms with van der Waals surface area (Å²) in [6.07, 6.45) is 0. The van der Waals surface area contributed by atoms with Crippen molar-refractivity contribution in [2.75, 3.05) is 6.54 Å². The number of nitrogens with one attached hydrogen (secondary N) is 2. The summed E-state index contributed by atoms with van der Waals surface area (Å²) in [6.45, 7) is 0.783. The first-order valence-electron chi connectivity index (χ1n) is 9.19. The Kier molecular flexibility index (Phi) is 6.59. The van der Waals surface area contributed by atoms with Crippen LogP contribution in [-0.2, 0) is 11.3 Å². The van der Waals surface area contributed by atoms with Crippen molar-refractivity contribution in [3.8, 4) is 11.1 Å². The van der Waals surface area contributed by atoms with Crippen LogP contribution in [0.15, 0.2) is 63.9 Å². The lowest BCUT2D eigenvalue weighted by molar-refractivity contribution is -0.159. The molecule has 0 spiro atoms. The SMILES string of the molecule is CC(O)(CN(Cc1ccc(-c2cccc(Cl)c2)cc1)NC(=O)c1cc(=O)[nH]o1)C(=O)O. The molecule has 3 aromatic rings. The number of amides is 1. The van der Waals surface area contributed by atoms with Gasteiger partial charge in [0, 0.05) is 11.6 Å². The number of aliphatic carboxylic acids is 1. The molecule has 31 heavy (non-hydrogen) atoms. The summed E-state index contributed by atoms with van der Waals surface area (Å²) in [5.74, 6) is -2.49. The number of hydrazine groups is 1. The highest BCUT2D eigenvalue weighted by atomic mass is 35.5. The number of hydrogen-bond donors (Lipinski definition) is 4. The van der Waals surface area contributed by atoms with Gasteiger partial charge in [0.05, 0.1) is 12.6 Å². The number of carboxylic acid groups (broad SMARTS) is 1. The van der Waals surface area contributed by atoms with Crippen LogP contribution < -0.4 is 11.0 Å². The quantitative estimate of drug-likeness (QED) is 0.390. The first-order chi connectivity index (χ1) is 14.6. The first kappa shape index (κ1) is 22.3. The lowest BCUT2D eigenvalue weighted by atomic mass is 10.0. The molecule has 1 unspecified atom stereocenters. The molecule has 4 N–H and O–H groups in total. The fraction of sp³-hybridized carbons (Fsp3) is 0.190. The number of carboxylic acids is 1. The molecule has 0 fully saturated rings. The molecule has 1 aromatic heterocycles. The molecule has 0 radical (unpaired) electrons. The predicted octanol–water partition coefficient (Wildman–Crippen LogP) is 2.27. The molecule has 0 aliphatic heterocycles. The Morgan fingerprint density at radius 3 is 2.45 bits per heavy atom. The number of rotatable bonds is 8. The molecule has 10 heteroatoms. The predicted molar refractivity (Wildman–Crippen MR) is 112 cm³/mol. The largest absolute Gasteiger partial charge is 0.479 e. The number of aliphatic hydroxyl groups is 1. The molecule has 1 amide bonds. The van der Waals surface area contributed by atoms with Gasteiger partial charge in [0.1, 0.15) is 0 Å². The minimum atomic E-state index is -2.13. The maximum absolute atomic E-state index is 12.3. The van der Waals surface area contributed by atoms with E-state index in [1.54, 1.807) is 18.2 Å². The van der Waals surface area contributed by atoms with E-state index in [2.05, 4.69) is 5.43 Å². The lowest BCUT2D eigenvalue weighted by Crippen LogP contribution is -2.52.